The van der Waals surface area contributed by atoms with Gasteiger partial charge in [0.2, 0.25) is 5.82 Å². The third kappa shape index (κ3) is 2.07. The van der Waals surface area contributed by atoms with Crippen LogP contribution in [-0.2, 0) is 0 Å². The van der Waals surface area contributed by atoms with Crippen LogP contribution < -0.4 is 4.74 Å². The van der Waals surface area contributed by atoms with Gasteiger partial charge >= 0.3 is 6.61 Å². The standard InChI is InChI=1S/C7H3F5O/c8-3-1-2-4(9)6(5(3)10)13-7(11)12/h1-2,7H. The highest BCUT2D eigenvalue weighted by molar-refractivity contribution is 5.27. The van der Waals surface area contributed by atoms with Crippen LogP contribution in [0.3, 0.4) is 0 Å². The minimum Gasteiger partial charge on any atom is -0.428 e. The molecule has 0 saturated carbocycles. The fraction of sp³-hybridized carbons (Fsp3) is 0.143. The van der Waals surface area contributed by atoms with Gasteiger partial charge in [0.25, 0.3) is 0 Å². The van der Waals surface area contributed by atoms with E-state index in [2.05, 4.69) is 4.74 Å². The topological polar surface area (TPSA) is 9.23 Å². The summed E-state index contributed by atoms with van der Waals surface area (Å²) in [7, 11) is 0. The van der Waals surface area contributed by atoms with Gasteiger partial charge in [-0.05, 0) is 12.1 Å². The molecule has 0 aliphatic heterocycles. The molecule has 0 spiro atoms. The highest BCUT2D eigenvalue weighted by Gasteiger charge is 2.18. The first-order chi connectivity index (χ1) is 6.02. The zero-order chi connectivity index (χ0) is 10.0. The van der Waals surface area contributed by atoms with Crippen molar-refractivity contribution in [2.45, 2.75) is 6.61 Å². The van der Waals surface area contributed by atoms with Crippen molar-refractivity contribution in [2.24, 2.45) is 0 Å². The second-order valence-electron chi connectivity index (χ2n) is 2.05. The SMILES string of the molecule is Fc1ccc(F)c(OC(F)F)c1F. The lowest BCUT2D eigenvalue weighted by atomic mass is 10.3. The zero-order valence-electron chi connectivity index (χ0n) is 6.03. The Labute approximate surface area is 69.7 Å². The molecule has 1 rings (SSSR count). The van der Waals surface area contributed by atoms with Crippen LogP contribution in [0.4, 0.5) is 22.0 Å². The highest BCUT2D eigenvalue weighted by atomic mass is 19.3. The molecule has 0 atom stereocenters. The fourth-order valence-corrected chi connectivity index (χ4v) is 0.706. The molecule has 0 unspecified atom stereocenters. The van der Waals surface area contributed by atoms with E-state index in [0.29, 0.717) is 12.1 Å². The first kappa shape index (κ1) is 9.76. The van der Waals surface area contributed by atoms with Crippen LogP contribution in [0.2, 0.25) is 0 Å². The van der Waals surface area contributed by atoms with E-state index in [-0.39, 0.29) is 0 Å². The largest absolute Gasteiger partial charge is 0.428 e. The lowest BCUT2D eigenvalue weighted by Gasteiger charge is -2.06. The lowest BCUT2D eigenvalue weighted by Crippen LogP contribution is -2.06. The van der Waals surface area contributed by atoms with Gasteiger partial charge in [-0.3, -0.25) is 0 Å². The van der Waals surface area contributed by atoms with E-state index >= 15 is 0 Å². The summed E-state index contributed by atoms with van der Waals surface area (Å²) >= 11 is 0. The molecule has 0 aliphatic rings. The summed E-state index contributed by atoms with van der Waals surface area (Å²) in [5.74, 6) is -5.99. The van der Waals surface area contributed by atoms with Crippen molar-refractivity contribution in [1.82, 2.24) is 0 Å². The van der Waals surface area contributed by atoms with Crippen molar-refractivity contribution < 1.29 is 26.7 Å². The lowest BCUT2D eigenvalue weighted by molar-refractivity contribution is -0.0550. The van der Waals surface area contributed by atoms with Crippen LogP contribution in [-0.4, -0.2) is 6.61 Å². The van der Waals surface area contributed by atoms with Gasteiger partial charge in [-0.1, -0.05) is 0 Å². The van der Waals surface area contributed by atoms with Crippen LogP contribution in [0.1, 0.15) is 0 Å². The van der Waals surface area contributed by atoms with E-state index in [1.807, 2.05) is 0 Å². The molecular weight excluding hydrogens is 195 g/mol. The molecule has 6 heteroatoms. The van der Waals surface area contributed by atoms with E-state index in [0.717, 1.165) is 0 Å². The van der Waals surface area contributed by atoms with Crippen molar-refractivity contribution >= 4 is 0 Å². The molecule has 0 radical (unpaired) electrons. The number of halogens is 5. The second kappa shape index (κ2) is 3.59. The van der Waals surface area contributed by atoms with Crippen molar-refractivity contribution in [2.75, 3.05) is 0 Å². The number of rotatable bonds is 2. The Morgan fingerprint density at radius 2 is 1.54 bits per heavy atom. The highest BCUT2D eigenvalue weighted by Crippen LogP contribution is 2.24. The molecule has 13 heavy (non-hydrogen) atoms. The Morgan fingerprint density at radius 1 is 1.00 bits per heavy atom. The molecule has 0 saturated heterocycles. The third-order valence-electron chi connectivity index (χ3n) is 1.21. The third-order valence-corrected chi connectivity index (χ3v) is 1.21. The molecule has 0 fully saturated rings. The first-order valence-electron chi connectivity index (χ1n) is 3.10. The van der Waals surface area contributed by atoms with E-state index in [1.165, 1.54) is 0 Å². The molecule has 72 valence electrons. The van der Waals surface area contributed by atoms with Crippen LogP contribution in [0.25, 0.3) is 0 Å². The van der Waals surface area contributed by atoms with Gasteiger partial charge in [-0.25, -0.2) is 8.78 Å². The summed E-state index contributed by atoms with van der Waals surface area (Å²) in [4.78, 5) is 0. The van der Waals surface area contributed by atoms with Crippen molar-refractivity contribution in [1.29, 1.82) is 0 Å². The van der Waals surface area contributed by atoms with Gasteiger partial charge < -0.3 is 4.74 Å². The predicted octanol–water partition coefficient (Wildman–Crippen LogP) is 2.71. The quantitative estimate of drug-likeness (QED) is 0.524. The number of benzene rings is 1. The molecule has 1 aromatic carbocycles. The molecule has 1 aromatic rings. The molecule has 0 amide bonds. The summed E-state index contributed by atoms with van der Waals surface area (Å²) in [6, 6.07) is 0.971. The van der Waals surface area contributed by atoms with Crippen LogP contribution in [0.15, 0.2) is 12.1 Å². The molecule has 1 nitrogen and oxygen atoms in total. The summed E-state index contributed by atoms with van der Waals surface area (Å²) in [5, 5.41) is 0. The van der Waals surface area contributed by atoms with Crippen LogP contribution in [0.5, 0.6) is 5.75 Å². The second-order valence-corrected chi connectivity index (χ2v) is 2.05. The van der Waals surface area contributed by atoms with E-state index in [9.17, 15) is 22.0 Å². The Kier molecular flexibility index (Phi) is 2.69. The van der Waals surface area contributed by atoms with Gasteiger partial charge in [-0.15, -0.1) is 0 Å². The fourth-order valence-electron chi connectivity index (χ4n) is 0.706. The number of hydrogen-bond donors (Lipinski definition) is 0. The maximum atomic E-state index is 12.5. The Balaban J connectivity index is 3.10. The summed E-state index contributed by atoms with van der Waals surface area (Å²) in [6.07, 6.45) is 0. The average molecular weight is 198 g/mol. The number of hydrogen-bond acceptors (Lipinski definition) is 1. The van der Waals surface area contributed by atoms with Crippen molar-refractivity contribution in [3.05, 3.63) is 29.6 Å². The Bertz CT molecular complexity index is 312. The maximum Gasteiger partial charge on any atom is 0.387 e. The average Bonchev–Trinajstić information content (AvgIpc) is 2.05. The van der Waals surface area contributed by atoms with E-state index in [1.54, 1.807) is 0 Å². The normalized spacial score (nSPS) is 10.6. The first-order valence-corrected chi connectivity index (χ1v) is 3.10. The summed E-state index contributed by atoms with van der Waals surface area (Å²) < 4.78 is 63.9. The molecule has 0 aliphatic carbocycles. The Hall–Kier alpha value is -1.33. The van der Waals surface area contributed by atoms with E-state index < -0.39 is 29.8 Å². The maximum absolute atomic E-state index is 12.5. The molecule has 0 N–H and O–H groups in total. The van der Waals surface area contributed by atoms with Gasteiger partial charge in [0, 0.05) is 0 Å². The molecule has 0 aromatic heterocycles. The molecule has 0 bridgehead atoms. The van der Waals surface area contributed by atoms with Crippen LogP contribution in [0, 0.1) is 17.5 Å². The van der Waals surface area contributed by atoms with Crippen LogP contribution >= 0.6 is 0 Å². The van der Waals surface area contributed by atoms with E-state index in [4.69, 9.17) is 0 Å². The smallest absolute Gasteiger partial charge is 0.387 e. The minimum absolute atomic E-state index is 0.475. The van der Waals surface area contributed by atoms with Crippen molar-refractivity contribution in [3.63, 3.8) is 0 Å². The zero-order valence-corrected chi connectivity index (χ0v) is 6.03. The number of alkyl halides is 2. The van der Waals surface area contributed by atoms with Gasteiger partial charge in [0.05, 0.1) is 0 Å². The van der Waals surface area contributed by atoms with Gasteiger partial charge in [-0.2, -0.15) is 13.2 Å². The molecular formula is C7H3F5O. The monoisotopic (exact) mass is 198 g/mol. The predicted molar refractivity (Wildman–Crippen MR) is 32.9 cm³/mol. The van der Waals surface area contributed by atoms with Gasteiger partial charge in [0.1, 0.15) is 0 Å². The minimum atomic E-state index is -3.40. The number of ether oxygens (including phenoxy) is 1. The summed E-state index contributed by atoms with van der Waals surface area (Å²) in [6.45, 7) is -3.40. The van der Waals surface area contributed by atoms with Gasteiger partial charge in [0.15, 0.2) is 17.4 Å². The molecule has 0 heterocycles. The Morgan fingerprint density at radius 3 is 2.08 bits per heavy atom. The van der Waals surface area contributed by atoms with Crippen molar-refractivity contribution in [3.8, 4) is 5.75 Å². The summed E-state index contributed by atoms with van der Waals surface area (Å²) in [5.41, 5.74) is 0.